The fraction of sp³-hybridized carbons (Fsp3) is 0.375. The second-order valence-electron chi connectivity index (χ2n) is 9.14. The van der Waals surface area contributed by atoms with Crippen LogP contribution < -0.4 is 16.0 Å². The minimum atomic E-state index is -0.582. The second kappa shape index (κ2) is 7.20. The van der Waals surface area contributed by atoms with E-state index < -0.39 is 6.04 Å². The quantitative estimate of drug-likeness (QED) is 0.664. The van der Waals surface area contributed by atoms with E-state index in [1.54, 1.807) is 4.90 Å². The Morgan fingerprint density at radius 2 is 1.94 bits per heavy atom. The Kier molecular flexibility index (Phi) is 4.59. The van der Waals surface area contributed by atoms with Gasteiger partial charge in [0.05, 0.1) is 11.6 Å². The molecule has 0 spiro atoms. The Morgan fingerprint density at radius 1 is 1.13 bits per heavy atom. The zero-order chi connectivity index (χ0) is 21.8. The van der Waals surface area contributed by atoms with Crippen molar-refractivity contribution in [3.8, 4) is 0 Å². The maximum atomic E-state index is 12.9. The van der Waals surface area contributed by atoms with Crippen LogP contribution in [0.5, 0.6) is 0 Å². The Morgan fingerprint density at radius 3 is 2.74 bits per heavy atom. The van der Waals surface area contributed by atoms with Crippen molar-refractivity contribution in [2.24, 2.45) is 0 Å². The van der Waals surface area contributed by atoms with E-state index in [-0.39, 0.29) is 35.7 Å². The number of carbonyl (C=O) groups excluding carboxylic acids is 3. The third-order valence-corrected chi connectivity index (χ3v) is 6.55. The predicted octanol–water partition coefficient (Wildman–Crippen LogP) is 2.48. The molecule has 3 heterocycles. The molecule has 2 aromatic rings. The molecule has 3 N–H and O–H groups in total. The highest BCUT2D eigenvalue weighted by Gasteiger charge is 2.40. The lowest BCUT2D eigenvalue weighted by Gasteiger charge is -2.29. The van der Waals surface area contributed by atoms with E-state index in [2.05, 4.69) is 48.0 Å². The molecule has 0 bridgehead atoms. The summed E-state index contributed by atoms with van der Waals surface area (Å²) in [6.07, 6.45) is 0.639. The number of rotatable bonds is 4. The van der Waals surface area contributed by atoms with Crippen LogP contribution in [-0.2, 0) is 22.7 Å². The van der Waals surface area contributed by atoms with Crippen molar-refractivity contribution in [1.82, 2.24) is 15.5 Å². The van der Waals surface area contributed by atoms with E-state index in [4.69, 9.17) is 0 Å². The summed E-state index contributed by atoms with van der Waals surface area (Å²) in [5.41, 5.74) is 4.97. The van der Waals surface area contributed by atoms with Gasteiger partial charge in [0.1, 0.15) is 6.04 Å². The van der Waals surface area contributed by atoms with Gasteiger partial charge in [-0.15, -0.1) is 0 Å². The van der Waals surface area contributed by atoms with Gasteiger partial charge >= 0.3 is 0 Å². The molecule has 1 saturated heterocycles. The Labute approximate surface area is 181 Å². The number of piperidine rings is 1. The first-order chi connectivity index (χ1) is 14.8. The molecule has 0 aliphatic carbocycles. The lowest BCUT2D eigenvalue weighted by atomic mass is 9.93. The van der Waals surface area contributed by atoms with Gasteiger partial charge in [0.15, 0.2) is 0 Å². The minimum absolute atomic E-state index is 0.112. The van der Waals surface area contributed by atoms with Crippen molar-refractivity contribution in [3.63, 3.8) is 0 Å². The summed E-state index contributed by atoms with van der Waals surface area (Å²) in [5, 5.41) is 9.60. The average Bonchev–Trinajstić information content (AvgIpc) is 3.18. The van der Waals surface area contributed by atoms with Gasteiger partial charge in [-0.25, -0.2) is 0 Å². The maximum absolute atomic E-state index is 12.9. The van der Waals surface area contributed by atoms with Gasteiger partial charge in [-0.1, -0.05) is 30.3 Å². The van der Waals surface area contributed by atoms with E-state index in [9.17, 15) is 14.4 Å². The van der Waals surface area contributed by atoms with Gasteiger partial charge in [0.25, 0.3) is 5.91 Å². The van der Waals surface area contributed by atoms with Crippen LogP contribution in [0.1, 0.15) is 59.8 Å². The van der Waals surface area contributed by atoms with Crippen LogP contribution in [0, 0.1) is 0 Å². The van der Waals surface area contributed by atoms with E-state index >= 15 is 0 Å². The summed E-state index contributed by atoms with van der Waals surface area (Å²) in [5.74, 6) is -0.794. The van der Waals surface area contributed by atoms with E-state index in [1.165, 1.54) is 5.56 Å². The third-order valence-electron chi connectivity index (χ3n) is 6.55. The van der Waals surface area contributed by atoms with Crippen LogP contribution in [0.3, 0.4) is 0 Å². The molecule has 1 fully saturated rings. The maximum Gasteiger partial charge on any atom is 0.255 e. The first-order valence-corrected chi connectivity index (χ1v) is 10.7. The molecule has 160 valence electrons. The summed E-state index contributed by atoms with van der Waals surface area (Å²) in [7, 11) is 0. The highest BCUT2D eigenvalue weighted by atomic mass is 16.2. The number of anilines is 1. The van der Waals surface area contributed by atoms with Crippen LogP contribution in [0.15, 0.2) is 42.5 Å². The van der Waals surface area contributed by atoms with Crippen LogP contribution in [0.25, 0.3) is 0 Å². The predicted molar refractivity (Wildman–Crippen MR) is 116 cm³/mol. The molecule has 2 unspecified atom stereocenters. The summed E-state index contributed by atoms with van der Waals surface area (Å²) in [6, 6.07) is 13.8. The van der Waals surface area contributed by atoms with Gasteiger partial charge in [0, 0.05) is 30.8 Å². The average molecular weight is 418 g/mol. The van der Waals surface area contributed by atoms with E-state index in [0.29, 0.717) is 25.1 Å². The smallest absolute Gasteiger partial charge is 0.255 e. The van der Waals surface area contributed by atoms with Crippen LogP contribution in [-0.4, -0.2) is 34.2 Å². The number of carbonyl (C=O) groups is 3. The van der Waals surface area contributed by atoms with Crippen molar-refractivity contribution in [3.05, 3.63) is 64.7 Å². The molecule has 5 rings (SSSR count). The van der Waals surface area contributed by atoms with Crippen LogP contribution in [0.2, 0.25) is 0 Å². The summed E-state index contributed by atoms with van der Waals surface area (Å²) < 4.78 is 0. The number of benzene rings is 2. The molecular formula is C24H26N4O3. The minimum Gasteiger partial charge on any atom is -0.378 e. The van der Waals surface area contributed by atoms with Crippen LogP contribution >= 0.6 is 0 Å². The number of para-hydroxylation sites is 1. The topological polar surface area (TPSA) is 90.5 Å². The molecule has 7 nitrogen and oxygen atoms in total. The van der Waals surface area contributed by atoms with Crippen molar-refractivity contribution in [1.29, 1.82) is 0 Å². The molecule has 31 heavy (non-hydrogen) atoms. The molecule has 0 saturated carbocycles. The molecule has 3 amide bonds. The monoisotopic (exact) mass is 418 g/mol. The Balaban J connectivity index is 1.31. The van der Waals surface area contributed by atoms with Gasteiger partial charge in [-0.3, -0.25) is 19.7 Å². The number of nitrogens with zero attached hydrogens (tertiary/aromatic N) is 1. The number of fused-ring (bicyclic) bond motifs is 2. The molecule has 3 aliphatic rings. The van der Waals surface area contributed by atoms with E-state index in [0.717, 1.165) is 16.8 Å². The highest BCUT2D eigenvalue weighted by molar-refractivity contribution is 6.05. The number of hydrogen-bond acceptors (Lipinski definition) is 5. The molecule has 3 aliphatic heterocycles. The number of hydrogen-bond donors (Lipinski definition) is 3. The number of amides is 3. The molecule has 7 heteroatoms. The zero-order valence-corrected chi connectivity index (χ0v) is 17.7. The van der Waals surface area contributed by atoms with Gasteiger partial charge in [0.2, 0.25) is 11.8 Å². The van der Waals surface area contributed by atoms with Crippen LogP contribution in [0.4, 0.5) is 5.69 Å². The summed E-state index contributed by atoms with van der Waals surface area (Å²) >= 11 is 0. The third kappa shape index (κ3) is 3.39. The highest BCUT2D eigenvalue weighted by Crippen LogP contribution is 2.40. The molecular weight excluding hydrogens is 392 g/mol. The standard InChI is InChI=1S/C24H26N4O3/c1-24(2)21(17-5-3-4-6-18(17)27-24)25-12-14-7-8-16-15(11-14)13-28(23(16)31)19-9-10-20(29)26-22(19)30/h3-8,11,19,21,25,27H,9-10,12-13H2,1-2H3,(H,26,29,30). The zero-order valence-electron chi connectivity index (χ0n) is 17.7. The molecule has 2 aromatic carbocycles. The van der Waals surface area contributed by atoms with Crippen molar-refractivity contribution in [2.45, 2.75) is 57.4 Å². The molecule has 0 radical (unpaired) electrons. The fourth-order valence-corrected chi connectivity index (χ4v) is 4.99. The number of imide groups is 1. The van der Waals surface area contributed by atoms with Gasteiger partial charge in [-0.2, -0.15) is 0 Å². The summed E-state index contributed by atoms with van der Waals surface area (Å²) in [4.78, 5) is 38.1. The first-order valence-electron chi connectivity index (χ1n) is 10.7. The largest absolute Gasteiger partial charge is 0.378 e. The molecule has 0 aromatic heterocycles. The van der Waals surface area contributed by atoms with Crippen molar-refractivity contribution >= 4 is 23.4 Å². The van der Waals surface area contributed by atoms with Gasteiger partial charge < -0.3 is 15.5 Å². The number of nitrogens with one attached hydrogen (secondary N) is 3. The molecule has 2 atom stereocenters. The Bertz CT molecular complexity index is 1090. The second-order valence-corrected chi connectivity index (χ2v) is 9.14. The van der Waals surface area contributed by atoms with Crippen molar-refractivity contribution < 1.29 is 14.4 Å². The van der Waals surface area contributed by atoms with E-state index in [1.807, 2.05) is 24.3 Å². The Hall–Kier alpha value is -3.19. The first kappa shape index (κ1) is 19.8. The van der Waals surface area contributed by atoms with Gasteiger partial charge in [-0.05, 0) is 49.1 Å². The van der Waals surface area contributed by atoms with Crippen molar-refractivity contribution in [2.75, 3.05) is 5.32 Å². The normalized spacial score (nSPS) is 23.9. The fourth-order valence-electron chi connectivity index (χ4n) is 4.99. The summed E-state index contributed by atoms with van der Waals surface area (Å²) in [6.45, 7) is 5.44. The lowest BCUT2D eigenvalue weighted by molar-refractivity contribution is -0.136. The SMILES string of the molecule is CC1(C)Nc2ccccc2C1NCc1ccc2c(c1)CN(C1CCC(=O)NC1=O)C2=O. The lowest BCUT2D eigenvalue weighted by Crippen LogP contribution is -2.52.